The molecule has 0 N–H and O–H groups in total. The smallest absolute Gasteiger partial charge is 0.225 e. The van der Waals surface area contributed by atoms with E-state index in [1.807, 2.05) is 6.20 Å². The summed E-state index contributed by atoms with van der Waals surface area (Å²) in [5.41, 5.74) is 2.55. The molecule has 0 saturated carbocycles. The molecule has 3 heterocycles. The Kier molecular flexibility index (Phi) is 2.09. The molecule has 0 radical (unpaired) electrons. The fourth-order valence-corrected chi connectivity index (χ4v) is 2.09. The molecule has 80 valence electrons. The van der Waals surface area contributed by atoms with Crippen LogP contribution in [-0.4, -0.2) is 41.5 Å². The lowest BCUT2D eigenvalue weighted by molar-refractivity contribution is 0.307. The van der Waals surface area contributed by atoms with Gasteiger partial charge in [0.05, 0.1) is 5.69 Å². The third-order valence-corrected chi connectivity index (χ3v) is 3.26. The lowest BCUT2D eigenvalue weighted by Gasteiger charge is -2.32. The predicted molar refractivity (Wildman–Crippen MR) is 58.9 cm³/mol. The van der Waals surface area contributed by atoms with E-state index in [0.29, 0.717) is 0 Å². The van der Waals surface area contributed by atoms with Gasteiger partial charge in [0.15, 0.2) is 0 Å². The van der Waals surface area contributed by atoms with Crippen LogP contribution >= 0.6 is 0 Å². The van der Waals surface area contributed by atoms with Crippen molar-refractivity contribution in [2.24, 2.45) is 0 Å². The van der Waals surface area contributed by atoms with Crippen LogP contribution in [0.25, 0.3) is 0 Å². The van der Waals surface area contributed by atoms with Gasteiger partial charge in [-0.15, -0.1) is 0 Å². The van der Waals surface area contributed by atoms with Gasteiger partial charge >= 0.3 is 0 Å². The molecule has 1 saturated heterocycles. The molecule has 0 amide bonds. The van der Waals surface area contributed by atoms with Gasteiger partial charge in [-0.25, -0.2) is 9.97 Å². The largest absolute Gasteiger partial charge is 0.341 e. The standard InChI is InChI=1S/C11H16N4/c1-14-6-3-9-7-12-11(13-10(9)8-14)15-4-2-5-15/h7H,2-6,8H2,1H3. The summed E-state index contributed by atoms with van der Waals surface area (Å²) >= 11 is 0. The normalized spacial score (nSPS) is 21.0. The van der Waals surface area contributed by atoms with Crippen molar-refractivity contribution >= 4 is 5.95 Å². The van der Waals surface area contributed by atoms with Crippen molar-refractivity contribution in [3.05, 3.63) is 17.5 Å². The quantitative estimate of drug-likeness (QED) is 0.673. The topological polar surface area (TPSA) is 32.3 Å². The second-order valence-electron chi connectivity index (χ2n) is 4.47. The molecule has 2 aliphatic rings. The Morgan fingerprint density at radius 3 is 2.87 bits per heavy atom. The first-order chi connectivity index (χ1) is 7.33. The summed E-state index contributed by atoms with van der Waals surface area (Å²) < 4.78 is 0. The van der Waals surface area contributed by atoms with Crippen LogP contribution in [0.5, 0.6) is 0 Å². The van der Waals surface area contributed by atoms with Crippen LogP contribution in [-0.2, 0) is 13.0 Å². The number of nitrogens with zero attached hydrogens (tertiary/aromatic N) is 4. The first-order valence-corrected chi connectivity index (χ1v) is 5.61. The Hall–Kier alpha value is -1.16. The minimum Gasteiger partial charge on any atom is -0.341 e. The van der Waals surface area contributed by atoms with E-state index >= 15 is 0 Å². The first kappa shape index (κ1) is 9.09. The monoisotopic (exact) mass is 204 g/mol. The molecule has 2 aliphatic heterocycles. The molecule has 0 aliphatic carbocycles. The highest BCUT2D eigenvalue weighted by Crippen LogP contribution is 2.20. The molecule has 3 rings (SSSR count). The number of likely N-dealkylation sites (N-methyl/N-ethyl adjacent to an activating group) is 1. The van der Waals surface area contributed by atoms with Gasteiger partial charge < -0.3 is 9.80 Å². The molecule has 1 fully saturated rings. The molecule has 1 aromatic rings. The lowest BCUT2D eigenvalue weighted by atomic mass is 10.1. The zero-order valence-corrected chi connectivity index (χ0v) is 9.11. The third-order valence-electron chi connectivity index (χ3n) is 3.26. The Balaban J connectivity index is 1.90. The Labute approximate surface area is 89.9 Å². The van der Waals surface area contributed by atoms with E-state index in [0.717, 1.165) is 38.5 Å². The molecular weight excluding hydrogens is 188 g/mol. The van der Waals surface area contributed by atoms with Crippen LogP contribution in [0, 0.1) is 0 Å². The Morgan fingerprint density at radius 1 is 1.27 bits per heavy atom. The highest BCUT2D eigenvalue weighted by molar-refractivity contribution is 5.36. The van der Waals surface area contributed by atoms with Crippen molar-refractivity contribution < 1.29 is 0 Å². The van der Waals surface area contributed by atoms with Gasteiger partial charge in [-0.3, -0.25) is 0 Å². The number of rotatable bonds is 1. The molecule has 0 aromatic carbocycles. The SMILES string of the molecule is CN1CCc2cnc(N3CCC3)nc2C1. The maximum atomic E-state index is 4.66. The second kappa shape index (κ2) is 3.45. The molecule has 0 spiro atoms. The summed E-state index contributed by atoms with van der Waals surface area (Å²) in [5, 5.41) is 0. The number of fused-ring (bicyclic) bond motifs is 1. The van der Waals surface area contributed by atoms with E-state index in [2.05, 4.69) is 26.8 Å². The first-order valence-electron chi connectivity index (χ1n) is 5.61. The molecule has 4 heteroatoms. The average Bonchev–Trinajstić information content (AvgIpc) is 2.14. The molecule has 0 bridgehead atoms. The summed E-state index contributed by atoms with van der Waals surface area (Å²) in [6, 6.07) is 0. The van der Waals surface area contributed by atoms with Gasteiger partial charge in [-0.1, -0.05) is 0 Å². The second-order valence-corrected chi connectivity index (χ2v) is 4.47. The van der Waals surface area contributed by atoms with E-state index in [9.17, 15) is 0 Å². The van der Waals surface area contributed by atoms with Crippen LogP contribution in [0.4, 0.5) is 5.95 Å². The molecule has 0 atom stereocenters. The zero-order chi connectivity index (χ0) is 10.3. The van der Waals surface area contributed by atoms with Gasteiger partial charge in [0.25, 0.3) is 0 Å². The summed E-state index contributed by atoms with van der Waals surface area (Å²) in [7, 11) is 2.15. The van der Waals surface area contributed by atoms with Crippen LogP contribution in [0.2, 0.25) is 0 Å². The van der Waals surface area contributed by atoms with Crippen LogP contribution in [0.15, 0.2) is 6.20 Å². The lowest BCUT2D eigenvalue weighted by Crippen LogP contribution is -2.39. The van der Waals surface area contributed by atoms with E-state index in [4.69, 9.17) is 0 Å². The highest BCUT2D eigenvalue weighted by atomic mass is 15.3. The average molecular weight is 204 g/mol. The fourth-order valence-electron chi connectivity index (χ4n) is 2.09. The Bertz CT molecular complexity index is 373. The van der Waals surface area contributed by atoms with Crippen molar-refractivity contribution in [3.8, 4) is 0 Å². The molecular formula is C11H16N4. The van der Waals surface area contributed by atoms with Crippen molar-refractivity contribution in [1.82, 2.24) is 14.9 Å². The Morgan fingerprint density at radius 2 is 2.13 bits per heavy atom. The zero-order valence-electron chi connectivity index (χ0n) is 9.11. The van der Waals surface area contributed by atoms with E-state index in [1.165, 1.54) is 17.7 Å². The summed E-state index contributed by atoms with van der Waals surface area (Å²) in [4.78, 5) is 13.7. The summed E-state index contributed by atoms with van der Waals surface area (Å²) in [6.45, 7) is 4.33. The van der Waals surface area contributed by atoms with E-state index in [-0.39, 0.29) is 0 Å². The van der Waals surface area contributed by atoms with Gasteiger partial charge in [-0.05, 0) is 25.5 Å². The molecule has 0 unspecified atom stereocenters. The van der Waals surface area contributed by atoms with Crippen LogP contribution < -0.4 is 4.90 Å². The molecule has 1 aromatic heterocycles. The highest BCUT2D eigenvalue weighted by Gasteiger charge is 2.20. The number of hydrogen-bond donors (Lipinski definition) is 0. The van der Waals surface area contributed by atoms with Gasteiger partial charge in [-0.2, -0.15) is 0 Å². The van der Waals surface area contributed by atoms with Gasteiger partial charge in [0.1, 0.15) is 0 Å². The van der Waals surface area contributed by atoms with Crippen LogP contribution in [0.1, 0.15) is 17.7 Å². The minimum absolute atomic E-state index is 0.926. The minimum atomic E-state index is 0.926. The van der Waals surface area contributed by atoms with Crippen molar-refractivity contribution in [2.75, 3.05) is 31.6 Å². The molecule has 4 nitrogen and oxygen atoms in total. The van der Waals surface area contributed by atoms with Crippen LogP contribution in [0.3, 0.4) is 0 Å². The third kappa shape index (κ3) is 1.59. The van der Waals surface area contributed by atoms with E-state index in [1.54, 1.807) is 0 Å². The fraction of sp³-hybridized carbons (Fsp3) is 0.636. The number of aromatic nitrogens is 2. The maximum Gasteiger partial charge on any atom is 0.225 e. The predicted octanol–water partition coefficient (Wildman–Crippen LogP) is 0.675. The maximum absolute atomic E-state index is 4.66. The van der Waals surface area contributed by atoms with Gasteiger partial charge in [0.2, 0.25) is 5.95 Å². The van der Waals surface area contributed by atoms with Crippen molar-refractivity contribution in [1.29, 1.82) is 0 Å². The van der Waals surface area contributed by atoms with Gasteiger partial charge in [0, 0.05) is 32.4 Å². The summed E-state index contributed by atoms with van der Waals surface area (Å²) in [6.07, 6.45) is 4.38. The van der Waals surface area contributed by atoms with Crippen molar-refractivity contribution in [2.45, 2.75) is 19.4 Å². The summed E-state index contributed by atoms with van der Waals surface area (Å²) in [5.74, 6) is 0.926. The number of anilines is 1. The molecule has 15 heavy (non-hydrogen) atoms. The number of hydrogen-bond acceptors (Lipinski definition) is 4. The van der Waals surface area contributed by atoms with Crippen molar-refractivity contribution in [3.63, 3.8) is 0 Å². The van der Waals surface area contributed by atoms with E-state index < -0.39 is 0 Å².